The highest BCUT2D eigenvalue weighted by Crippen LogP contribution is 2.31. The minimum atomic E-state index is -0.158. The van der Waals surface area contributed by atoms with E-state index in [2.05, 4.69) is 20.9 Å². The van der Waals surface area contributed by atoms with Gasteiger partial charge in [0, 0.05) is 10.6 Å². The van der Waals surface area contributed by atoms with Gasteiger partial charge in [0.2, 0.25) is 0 Å². The average molecular weight is 408 g/mol. The van der Waals surface area contributed by atoms with Crippen LogP contribution in [-0.2, 0) is 0 Å². The van der Waals surface area contributed by atoms with E-state index in [-0.39, 0.29) is 11.3 Å². The minimum absolute atomic E-state index is 0.0460. The van der Waals surface area contributed by atoms with Gasteiger partial charge in [-0.25, -0.2) is 9.38 Å². The van der Waals surface area contributed by atoms with Crippen molar-refractivity contribution < 1.29 is 5.11 Å². The number of phenolic OH excluding ortho intramolecular Hbond substituents is 1. The van der Waals surface area contributed by atoms with Crippen LogP contribution in [0.3, 0.4) is 0 Å². The highest BCUT2D eigenvalue weighted by molar-refractivity contribution is 9.10. The Balaban J connectivity index is 2.04. The van der Waals surface area contributed by atoms with Gasteiger partial charge in [-0.15, -0.1) is 0 Å². The van der Waals surface area contributed by atoms with E-state index in [1.54, 1.807) is 22.6 Å². The molecule has 0 aliphatic carbocycles. The van der Waals surface area contributed by atoms with Crippen molar-refractivity contribution in [3.63, 3.8) is 0 Å². The molecule has 0 amide bonds. The Morgan fingerprint density at radius 1 is 1.30 bits per heavy atom. The van der Waals surface area contributed by atoms with Crippen molar-refractivity contribution in [1.82, 2.24) is 9.38 Å². The van der Waals surface area contributed by atoms with Crippen molar-refractivity contribution in [1.29, 1.82) is 0 Å². The summed E-state index contributed by atoms with van der Waals surface area (Å²) in [5.74, 6) is 0.0460. The number of imidazole rings is 1. The molecule has 0 bridgehead atoms. The second-order valence-corrected chi connectivity index (χ2v) is 7.26. The predicted octanol–water partition coefficient (Wildman–Crippen LogP) is 3.58. The predicted molar refractivity (Wildman–Crippen MR) is 96.4 cm³/mol. The molecule has 0 aliphatic rings. The number of hydrogen-bond donors (Lipinski definition) is 1. The molecular weight excluding hydrogens is 400 g/mol. The molecule has 0 spiro atoms. The van der Waals surface area contributed by atoms with Gasteiger partial charge in [-0.3, -0.25) is 4.79 Å². The Bertz CT molecular complexity index is 1180. The van der Waals surface area contributed by atoms with Gasteiger partial charge in [0.05, 0.1) is 20.0 Å². The highest BCUT2D eigenvalue weighted by atomic mass is 79.9. The molecule has 4 rings (SSSR count). The van der Waals surface area contributed by atoms with Crippen LogP contribution in [0, 0.1) is 0 Å². The molecule has 0 saturated carbocycles. The number of phenols is 1. The summed E-state index contributed by atoms with van der Waals surface area (Å²) in [4.78, 5) is 17.8. The van der Waals surface area contributed by atoms with Crippen LogP contribution in [0.25, 0.3) is 22.1 Å². The second kappa shape index (κ2) is 5.33. The van der Waals surface area contributed by atoms with E-state index in [0.29, 0.717) is 24.6 Å². The number of benzene rings is 2. The van der Waals surface area contributed by atoms with E-state index >= 15 is 0 Å². The lowest BCUT2D eigenvalue weighted by atomic mass is 10.2. The van der Waals surface area contributed by atoms with Gasteiger partial charge in [0.25, 0.3) is 5.56 Å². The number of rotatable bonds is 1. The highest BCUT2D eigenvalue weighted by Gasteiger charge is 2.12. The van der Waals surface area contributed by atoms with E-state index in [9.17, 15) is 9.90 Å². The summed E-state index contributed by atoms with van der Waals surface area (Å²) in [7, 11) is 0. The molecule has 0 unspecified atom stereocenters. The van der Waals surface area contributed by atoms with Gasteiger partial charge in [0.15, 0.2) is 4.96 Å². The van der Waals surface area contributed by atoms with E-state index in [1.165, 1.54) is 11.3 Å². The van der Waals surface area contributed by atoms with Crippen LogP contribution >= 0.6 is 38.9 Å². The molecule has 0 fully saturated rings. The third kappa shape index (κ3) is 2.34. The fourth-order valence-corrected chi connectivity index (χ4v) is 4.26. The summed E-state index contributed by atoms with van der Waals surface area (Å²) in [6.07, 6.45) is 1.63. The van der Waals surface area contributed by atoms with Crippen molar-refractivity contribution in [2.45, 2.75) is 0 Å². The zero-order valence-corrected chi connectivity index (χ0v) is 14.6. The van der Waals surface area contributed by atoms with Gasteiger partial charge in [0.1, 0.15) is 5.75 Å². The maximum absolute atomic E-state index is 12.7. The monoisotopic (exact) mass is 406 g/mol. The first-order valence-electron chi connectivity index (χ1n) is 6.64. The fourth-order valence-electron chi connectivity index (χ4n) is 2.45. The van der Waals surface area contributed by atoms with Crippen molar-refractivity contribution in [2.24, 2.45) is 0 Å². The lowest BCUT2D eigenvalue weighted by Gasteiger charge is -2.02. The van der Waals surface area contributed by atoms with Gasteiger partial charge >= 0.3 is 0 Å². The lowest BCUT2D eigenvalue weighted by molar-refractivity contribution is 0.470. The van der Waals surface area contributed by atoms with Crippen molar-refractivity contribution in [2.75, 3.05) is 0 Å². The number of thiazole rings is 1. The van der Waals surface area contributed by atoms with Gasteiger partial charge in [-0.2, -0.15) is 0 Å². The fraction of sp³-hybridized carbons (Fsp3) is 0. The molecule has 7 heteroatoms. The average Bonchev–Trinajstić information content (AvgIpc) is 3.01. The minimum Gasteiger partial charge on any atom is -0.506 e. The van der Waals surface area contributed by atoms with Crippen LogP contribution in [0.2, 0.25) is 5.02 Å². The second-order valence-electron chi connectivity index (χ2n) is 4.96. The maximum atomic E-state index is 12.7. The lowest BCUT2D eigenvalue weighted by Crippen LogP contribution is -2.22. The van der Waals surface area contributed by atoms with Crippen LogP contribution in [-0.4, -0.2) is 14.5 Å². The van der Waals surface area contributed by atoms with Crippen molar-refractivity contribution in [3.8, 4) is 5.75 Å². The number of fused-ring (bicyclic) bond motifs is 3. The number of halogens is 2. The summed E-state index contributed by atoms with van der Waals surface area (Å²) < 4.78 is 2.56. The van der Waals surface area contributed by atoms with E-state index < -0.39 is 0 Å². The van der Waals surface area contributed by atoms with Crippen LogP contribution < -0.4 is 10.1 Å². The topological polar surface area (TPSA) is 54.6 Å². The third-order valence-electron chi connectivity index (χ3n) is 3.49. The van der Waals surface area contributed by atoms with E-state index in [1.807, 2.05) is 24.3 Å². The first kappa shape index (κ1) is 14.7. The Kier molecular flexibility index (Phi) is 3.41. The molecule has 1 N–H and O–H groups in total. The molecule has 0 radical (unpaired) electrons. The molecule has 2 heterocycles. The molecular formula is C16H8BrClN2O2S. The van der Waals surface area contributed by atoms with Gasteiger partial charge in [-0.05, 0) is 46.3 Å². The molecule has 0 saturated heterocycles. The van der Waals surface area contributed by atoms with E-state index in [0.717, 1.165) is 11.0 Å². The molecule has 0 aliphatic heterocycles. The number of para-hydroxylation sites is 2. The summed E-state index contributed by atoms with van der Waals surface area (Å²) in [6, 6.07) is 10.7. The Morgan fingerprint density at radius 3 is 2.91 bits per heavy atom. The number of hydrogen-bond acceptors (Lipinski definition) is 4. The Morgan fingerprint density at radius 2 is 2.09 bits per heavy atom. The Labute approximate surface area is 147 Å². The largest absolute Gasteiger partial charge is 0.506 e. The first-order chi connectivity index (χ1) is 11.0. The maximum Gasteiger partial charge on any atom is 0.274 e. The van der Waals surface area contributed by atoms with Gasteiger partial charge in [-0.1, -0.05) is 35.1 Å². The summed E-state index contributed by atoms with van der Waals surface area (Å²) >= 11 is 10.5. The van der Waals surface area contributed by atoms with Crippen LogP contribution in [0.4, 0.5) is 0 Å². The SMILES string of the molecule is O=c1/c(=C/c2cc(Cl)cc(Br)c2O)sc2nc3ccccc3n12. The number of aromatic hydroxyl groups is 1. The van der Waals surface area contributed by atoms with Crippen molar-refractivity contribution >= 4 is 60.9 Å². The number of aromatic nitrogens is 2. The Hall–Kier alpha value is -1.89. The summed E-state index contributed by atoms with van der Waals surface area (Å²) in [5.41, 5.74) is 1.89. The molecule has 4 nitrogen and oxygen atoms in total. The molecule has 114 valence electrons. The smallest absolute Gasteiger partial charge is 0.274 e. The quantitative estimate of drug-likeness (QED) is 0.525. The summed E-state index contributed by atoms with van der Waals surface area (Å²) in [6.45, 7) is 0. The zero-order chi connectivity index (χ0) is 16.1. The van der Waals surface area contributed by atoms with E-state index in [4.69, 9.17) is 11.6 Å². The molecule has 23 heavy (non-hydrogen) atoms. The zero-order valence-electron chi connectivity index (χ0n) is 11.5. The summed E-state index contributed by atoms with van der Waals surface area (Å²) in [5, 5.41) is 10.6. The van der Waals surface area contributed by atoms with Crippen LogP contribution in [0.15, 0.2) is 45.7 Å². The standard InChI is InChI=1S/C16H8BrClN2O2S/c17-10-7-9(18)5-8(14(10)21)6-13-15(22)20-12-4-2-1-3-11(12)19-16(20)23-13/h1-7,21H/b13-6-. The molecule has 2 aromatic carbocycles. The van der Waals surface area contributed by atoms with Gasteiger partial charge < -0.3 is 5.11 Å². The molecule has 0 atom stereocenters. The first-order valence-corrected chi connectivity index (χ1v) is 8.63. The van der Waals surface area contributed by atoms with Crippen LogP contribution in [0.5, 0.6) is 5.75 Å². The molecule has 2 aromatic heterocycles. The van der Waals surface area contributed by atoms with Crippen LogP contribution in [0.1, 0.15) is 5.56 Å². The normalized spacial score (nSPS) is 12.5. The third-order valence-corrected chi connectivity index (χ3v) is 5.28. The molecule has 4 aromatic rings. The number of nitrogens with zero attached hydrogens (tertiary/aromatic N) is 2. The van der Waals surface area contributed by atoms with Crippen molar-refractivity contribution in [3.05, 3.63) is 66.3 Å².